The fourth-order valence-corrected chi connectivity index (χ4v) is 8.42. The SMILES string of the molecule is CC1(C)c2cc(C3C=C(C4=CC=CCN4)NC(C4C=CC=CN4)C3)ccc2-n2c3c(c4cccc1c42)C1C=CC=CC1C=C3. The number of dihydropyridines is 2. The van der Waals surface area contributed by atoms with Crippen molar-refractivity contribution in [3.05, 3.63) is 155 Å². The summed E-state index contributed by atoms with van der Waals surface area (Å²) in [5, 5.41) is 12.5. The van der Waals surface area contributed by atoms with Crippen LogP contribution in [-0.2, 0) is 5.41 Å². The number of allylic oxidation sites excluding steroid dienone is 10. The van der Waals surface area contributed by atoms with Gasteiger partial charge in [-0.3, -0.25) is 0 Å². The monoisotopic (exact) mass is 574 g/mol. The summed E-state index contributed by atoms with van der Waals surface area (Å²) < 4.78 is 2.57. The number of hydrogen-bond acceptors (Lipinski definition) is 3. The largest absolute Gasteiger partial charge is 0.383 e. The maximum absolute atomic E-state index is 3.88. The Labute approximate surface area is 259 Å². The molecule has 0 fully saturated rings. The molecule has 5 unspecified atom stereocenters. The number of aromatic nitrogens is 1. The maximum Gasteiger partial charge on any atom is 0.0643 e. The van der Waals surface area contributed by atoms with Crippen LogP contribution in [0.4, 0.5) is 0 Å². The van der Waals surface area contributed by atoms with E-state index in [1.54, 1.807) is 0 Å². The summed E-state index contributed by atoms with van der Waals surface area (Å²) in [6, 6.07) is 14.8. The van der Waals surface area contributed by atoms with Gasteiger partial charge in [0.2, 0.25) is 0 Å². The van der Waals surface area contributed by atoms with E-state index >= 15 is 0 Å². The van der Waals surface area contributed by atoms with Gasteiger partial charge in [0.15, 0.2) is 0 Å². The average molecular weight is 575 g/mol. The zero-order valence-corrected chi connectivity index (χ0v) is 25.3. The van der Waals surface area contributed by atoms with Crippen molar-refractivity contribution < 1.29 is 0 Å². The van der Waals surface area contributed by atoms with Crippen molar-refractivity contribution in [2.24, 2.45) is 5.92 Å². The Balaban J connectivity index is 1.19. The molecule has 1 aromatic heterocycles. The van der Waals surface area contributed by atoms with E-state index in [2.05, 4.69) is 156 Å². The molecule has 0 bridgehead atoms. The van der Waals surface area contributed by atoms with Crippen LogP contribution in [0.25, 0.3) is 22.7 Å². The highest BCUT2D eigenvalue weighted by Gasteiger charge is 2.39. The molecule has 6 aliphatic rings. The molecule has 4 nitrogen and oxygen atoms in total. The van der Waals surface area contributed by atoms with E-state index in [1.807, 2.05) is 0 Å². The lowest BCUT2D eigenvalue weighted by molar-refractivity contribution is 0.413. The molecule has 0 amide bonds. The summed E-state index contributed by atoms with van der Waals surface area (Å²) >= 11 is 0. The Kier molecular flexibility index (Phi) is 5.65. The highest BCUT2D eigenvalue weighted by atomic mass is 15.1. The number of nitrogens with one attached hydrogen (secondary N) is 3. The first kappa shape index (κ1) is 25.8. The lowest BCUT2D eigenvalue weighted by Crippen LogP contribution is -2.49. The van der Waals surface area contributed by atoms with Gasteiger partial charge in [-0.2, -0.15) is 0 Å². The van der Waals surface area contributed by atoms with E-state index in [-0.39, 0.29) is 17.5 Å². The van der Waals surface area contributed by atoms with E-state index in [9.17, 15) is 0 Å². The molecule has 4 heteroatoms. The first-order valence-corrected chi connectivity index (χ1v) is 16.1. The lowest BCUT2D eigenvalue weighted by Gasteiger charge is -2.38. The van der Waals surface area contributed by atoms with Gasteiger partial charge in [-0.25, -0.2) is 0 Å². The number of fused-ring (bicyclic) bond motifs is 7. The third-order valence-corrected chi connectivity index (χ3v) is 10.7. The molecule has 9 rings (SSSR count). The molecule has 0 spiro atoms. The minimum atomic E-state index is -0.122. The molecule has 2 aromatic carbocycles. The summed E-state index contributed by atoms with van der Waals surface area (Å²) in [7, 11) is 0. The van der Waals surface area contributed by atoms with E-state index in [0.29, 0.717) is 17.8 Å². The predicted octanol–water partition coefficient (Wildman–Crippen LogP) is 7.54. The lowest BCUT2D eigenvalue weighted by atomic mass is 9.73. The van der Waals surface area contributed by atoms with Crippen LogP contribution in [0.15, 0.2) is 127 Å². The molecule has 3 N–H and O–H groups in total. The minimum Gasteiger partial charge on any atom is -0.383 e. The second kappa shape index (κ2) is 9.65. The Morgan fingerprint density at radius 1 is 0.886 bits per heavy atom. The number of benzene rings is 2. The smallest absolute Gasteiger partial charge is 0.0643 e. The van der Waals surface area contributed by atoms with Crippen LogP contribution in [0.1, 0.15) is 60.1 Å². The van der Waals surface area contributed by atoms with Crippen molar-refractivity contribution in [3.8, 4) is 5.69 Å². The zero-order valence-electron chi connectivity index (χ0n) is 25.3. The summed E-state index contributed by atoms with van der Waals surface area (Å²) in [4.78, 5) is 0. The number of rotatable bonds is 3. The highest BCUT2D eigenvalue weighted by molar-refractivity contribution is 5.96. The molecule has 0 radical (unpaired) electrons. The molecular formula is C40H38N4. The highest BCUT2D eigenvalue weighted by Crippen LogP contribution is 2.51. The molecule has 5 heterocycles. The molecular weight excluding hydrogens is 536 g/mol. The number of hydrogen-bond donors (Lipinski definition) is 3. The van der Waals surface area contributed by atoms with Crippen LogP contribution in [0, 0.1) is 5.92 Å². The van der Waals surface area contributed by atoms with Crippen LogP contribution < -0.4 is 16.0 Å². The van der Waals surface area contributed by atoms with Crippen molar-refractivity contribution in [2.45, 2.75) is 49.6 Å². The van der Waals surface area contributed by atoms with E-state index in [0.717, 1.165) is 13.0 Å². The van der Waals surface area contributed by atoms with Crippen LogP contribution in [0.2, 0.25) is 0 Å². The van der Waals surface area contributed by atoms with E-state index < -0.39 is 0 Å². The molecule has 5 atom stereocenters. The molecule has 218 valence electrons. The van der Waals surface area contributed by atoms with Crippen molar-refractivity contribution in [2.75, 3.05) is 6.54 Å². The first-order chi connectivity index (χ1) is 21.6. The summed E-state index contributed by atoms with van der Waals surface area (Å²) in [5.41, 5.74) is 12.0. The van der Waals surface area contributed by atoms with Crippen molar-refractivity contribution >= 4 is 17.0 Å². The van der Waals surface area contributed by atoms with Crippen LogP contribution >= 0.6 is 0 Å². The molecule has 3 aromatic rings. The van der Waals surface area contributed by atoms with Crippen molar-refractivity contribution in [1.82, 2.24) is 20.5 Å². The Morgan fingerprint density at radius 2 is 1.80 bits per heavy atom. The van der Waals surface area contributed by atoms with Crippen molar-refractivity contribution in [3.63, 3.8) is 0 Å². The van der Waals surface area contributed by atoms with Gasteiger partial charge >= 0.3 is 0 Å². The summed E-state index contributed by atoms with van der Waals surface area (Å²) in [6.07, 6.45) is 32.5. The van der Waals surface area contributed by atoms with Gasteiger partial charge in [0.25, 0.3) is 0 Å². The Hall–Kier alpha value is -4.70. The van der Waals surface area contributed by atoms with Gasteiger partial charge in [-0.1, -0.05) is 105 Å². The zero-order chi connectivity index (χ0) is 29.4. The second-order valence-electron chi connectivity index (χ2n) is 13.5. The van der Waals surface area contributed by atoms with Gasteiger partial charge in [0.1, 0.15) is 0 Å². The maximum atomic E-state index is 3.88. The number of para-hydroxylation sites is 1. The fraction of sp³-hybridized carbons (Fsp3) is 0.250. The Morgan fingerprint density at radius 3 is 2.66 bits per heavy atom. The molecule has 2 aliphatic carbocycles. The standard InChI is InChI=1S/C40H38N4/c1-40(2)30-13-9-12-29-38-28-11-4-3-10-25(28)16-19-37(38)44(39(29)30)36-18-17-26(22-31(36)40)27-23-34(32-14-5-7-20-41-32)43-35(24-27)33-15-6-8-21-42-33/h3-20,22,24-25,27-28,32,34,41-43H,21,23H2,1-2H3. The van der Waals surface area contributed by atoms with E-state index in [4.69, 9.17) is 0 Å². The number of nitrogens with zero attached hydrogens (tertiary/aromatic N) is 1. The van der Waals surface area contributed by atoms with Crippen LogP contribution in [-0.4, -0.2) is 23.2 Å². The topological polar surface area (TPSA) is 41.0 Å². The third kappa shape index (κ3) is 3.76. The second-order valence-corrected chi connectivity index (χ2v) is 13.5. The van der Waals surface area contributed by atoms with E-state index in [1.165, 1.54) is 55.9 Å². The average Bonchev–Trinajstić information content (AvgIpc) is 3.43. The Bertz CT molecular complexity index is 1950. The molecule has 0 saturated carbocycles. The molecule has 0 saturated heterocycles. The minimum absolute atomic E-state index is 0.122. The fourth-order valence-electron chi connectivity index (χ4n) is 8.42. The van der Waals surface area contributed by atoms with Crippen molar-refractivity contribution in [1.29, 1.82) is 0 Å². The quantitative estimate of drug-likeness (QED) is 0.303. The first-order valence-electron chi connectivity index (χ1n) is 16.1. The van der Waals surface area contributed by atoms with Gasteiger partial charge in [0.05, 0.1) is 40.4 Å². The molecule has 44 heavy (non-hydrogen) atoms. The third-order valence-electron chi connectivity index (χ3n) is 10.7. The predicted molar refractivity (Wildman–Crippen MR) is 182 cm³/mol. The van der Waals surface area contributed by atoms with Crippen LogP contribution in [0.5, 0.6) is 0 Å². The molecule has 4 aliphatic heterocycles. The van der Waals surface area contributed by atoms with Gasteiger partial charge in [-0.15, -0.1) is 0 Å². The normalized spacial score (nSPS) is 28.3. The van der Waals surface area contributed by atoms with Gasteiger partial charge in [-0.05, 0) is 59.2 Å². The summed E-state index contributed by atoms with van der Waals surface area (Å²) in [5.74, 6) is 1.10. The van der Waals surface area contributed by atoms with Gasteiger partial charge < -0.3 is 20.5 Å². The van der Waals surface area contributed by atoms with Gasteiger partial charge in [0, 0.05) is 35.1 Å². The summed E-state index contributed by atoms with van der Waals surface area (Å²) in [6.45, 7) is 5.69. The van der Waals surface area contributed by atoms with Crippen LogP contribution in [0.3, 0.4) is 0 Å².